The first-order chi connectivity index (χ1) is 16.3. The van der Waals surface area contributed by atoms with Gasteiger partial charge in [-0.15, -0.1) is 0 Å². The number of rotatable bonds is 5. The summed E-state index contributed by atoms with van der Waals surface area (Å²) in [4.78, 5) is 44.1. The van der Waals surface area contributed by atoms with E-state index in [1.165, 1.54) is 43.3 Å². The number of halogens is 2. The van der Waals surface area contributed by atoms with Crippen LogP contribution in [0.5, 0.6) is 5.88 Å². The number of amides is 2. The van der Waals surface area contributed by atoms with E-state index in [1.54, 1.807) is 30.5 Å². The second kappa shape index (κ2) is 9.44. The highest BCUT2D eigenvalue weighted by Gasteiger charge is 2.33. The number of carbonyl (C=O) groups excluding carboxylic acids is 3. The number of ether oxygens (including phenoxy) is 1. The smallest absolute Gasteiger partial charge is 0.262 e. The second-order valence-electron chi connectivity index (χ2n) is 7.55. The van der Waals surface area contributed by atoms with Crippen molar-refractivity contribution in [2.75, 3.05) is 19.1 Å². The number of hydrogen-bond acceptors (Lipinski definition) is 5. The Morgan fingerprint density at radius 3 is 2.65 bits per heavy atom. The standard InChI is InChI=1S/C25H19ClFN3O4/c1-30-21-7-5-16(24(32)29-13-15-4-8-22(34-2)28-12-15)11-17(21)23(31)18(25(30)33)9-14-3-6-19(26)20(27)10-14/h3-12H,13H2,1-2H3,(H,29,32)/b18-9-. The zero-order valence-electron chi connectivity index (χ0n) is 18.3. The summed E-state index contributed by atoms with van der Waals surface area (Å²) in [6.45, 7) is 0.229. The Hall–Kier alpha value is -4.04. The van der Waals surface area contributed by atoms with Crippen LogP contribution in [-0.2, 0) is 11.3 Å². The van der Waals surface area contributed by atoms with Gasteiger partial charge in [0.05, 0.1) is 23.4 Å². The van der Waals surface area contributed by atoms with Gasteiger partial charge in [-0.2, -0.15) is 0 Å². The number of pyridine rings is 1. The molecule has 9 heteroatoms. The van der Waals surface area contributed by atoms with Gasteiger partial charge in [0.15, 0.2) is 0 Å². The lowest BCUT2D eigenvalue weighted by atomic mass is 9.92. The molecule has 0 atom stereocenters. The van der Waals surface area contributed by atoms with E-state index in [1.807, 2.05) is 0 Å². The van der Waals surface area contributed by atoms with Crippen LogP contribution in [-0.4, -0.2) is 36.7 Å². The molecule has 0 unspecified atom stereocenters. The molecule has 34 heavy (non-hydrogen) atoms. The lowest BCUT2D eigenvalue weighted by Crippen LogP contribution is -2.37. The van der Waals surface area contributed by atoms with E-state index in [0.29, 0.717) is 17.1 Å². The van der Waals surface area contributed by atoms with Crippen molar-refractivity contribution in [1.82, 2.24) is 10.3 Å². The molecule has 172 valence electrons. The second-order valence-corrected chi connectivity index (χ2v) is 7.96. The third-order valence-corrected chi connectivity index (χ3v) is 5.67. The summed E-state index contributed by atoms with van der Waals surface area (Å²) < 4.78 is 18.8. The molecule has 0 saturated heterocycles. The molecule has 0 fully saturated rings. The van der Waals surface area contributed by atoms with Crippen LogP contribution in [0.3, 0.4) is 0 Å². The van der Waals surface area contributed by atoms with Gasteiger partial charge in [0, 0.05) is 37.0 Å². The molecule has 3 aromatic rings. The molecule has 0 spiro atoms. The third kappa shape index (κ3) is 4.53. The Morgan fingerprint density at radius 2 is 1.97 bits per heavy atom. The van der Waals surface area contributed by atoms with Gasteiger partial charge in [-0.3, -0.25) is 14.4 Å². The van der Waals surface area contributed by atoms with Crippen LogP contribution in [0.1, 0.15) is 31.8 Å². The van der Waals surface area contributed by atoms with E-state index in [9.17, 15) is 18.8 Å². The molecule has 1 aromatic heterocycles. The SMILES string of the molecule is COc1ccc(CNC(=O)c2ccc3c(c2)C(=O)/C(=C/c2ccc(Cl)c(F)c2)C(=O)N3C)cn1. The van der Waals surface area contributed by atoms with Crippen LogP contribution in [0.2, 0.25) is 5.02 Å². The molecule has 1 N–H and O–H groups in total. The fourth-order valence-electron chi connectivity index (χ4n) is 3.50. The summed E-state index contributed by atoms with van der Waals surface area (Å²) in [6.07, 6.45) is 2.90. The first kappa shape index (κ1) is 23.1. The Bertz CT molecular complexity index is 1340. The van der Waals surface area contributed by atoms with Crippen molar-refractivity contribution in [3.05, 3.63) is 93.4 Å². The number of nitrogens with one attached hydrogen (secondary N) is 1. The minimum absolute atomic E-state index is 0.0630. The minimum Gasteiger partial charge on any atom is -0.481 e. The molecular formula is C25H19ClFN3O4. The van der Waals surface area contributed by atoms with Crippen LogP contribution in [0, 0.1) is 5.82 Å². The van der Waals surface area contributed by atoms with E-state index >= 15 is 0 Å². The summed E-state index contributed by atoms with van der Waals surface area (Å²) >= 11 is 5.71. The number of ketones is 1. The highest BCUT2D eigenvalue weighted by Crippen LogP contribution is 2.31. The highest BCUT2D eigenvalue weighted by molar-refractivity contribution is 6.36. The normalized spacial score (nSPS) is 14.2. The van der Waals surface area contributed by atoms with E-state index in [0.717, 1.165) is 11.6 Å². The van der Waals surface area contributed by atoms with Crippen LogP contribution < -0.4 is 15.0 Å². The Kier molecular flexibility index (Phi) is 6.43. The molecule has 0 aliphatic carbocycles. The van der Waals surface area contributed by atoms with E-state index in [-0.39, 0.29) is 28.3 Å². The predicted octanol–water partition coefficient (Wildman–Crippen LogP) is 4.06. The Morgan fingerprint density at radius 1 is 1.18 bits per heavy atom. The molecule has 2 aromatic carbocycles. The molecule has 0 bridgehead atoms. The molecule has 1 aliphatic rings. The van der Waals surface area contributed by atoms with Gasteiger partial charge in [-0.25, -0.2) is 9.37 Å². The van der Waals surface area contributed by atoms with Gasteiger partial charge < -0.3 is 15.0 Å². The maximum atomic E-state index is 13.8. The zero-order chi connectivity index (χ0) is 24.4. The van der Waals surface area contributed by atoms with Gasteiger partial charge in [-0.1, -0.05) is 23.7 Å². The summed E-state index contributed by atoms with van der Waals surface area (Å²) in [7, 11) is 3.04. The minimum atomic E-state index is -0.661. The number of hydrogen-bond donors (Lipinski definition) is 1. The fraction of sp³-hybridized carbons (Fsp3) is 0.120. The molecular weight excluding hydrogens is 461 g/mol. The van der Waals surface area contributed by atoms with Crippen molar-refractivity contribution in [3.63, 3.8) is 0 Å². The number of aromatic nitrogens is 1. The third-order valence-electron chi connectivity index (χ3n) is 5.36. The number of fused-ring (bicyclic) bond motifs is 1. The van der Waals surface area contributed by atoms with E-state index in [4.69, 9.17) is 16.3 Å². The Labute approximate surface area is 199 Å². The van der Waals surface area contributed by atoms with Crippen molar-refractivity contribution in [3.8, 4) is 5.88 Å². The van der Waals surface area contributed by atoms with Gasteiger partial charge in [0.1, 0.15) is 5.82 Å². The predicted molar refractivity (Wildman–Crippen MR) is 126 cm³/mol. The first-order valence-electron chi connectivity index (χ1n) is 10.2. The average molecular weight is 480 g/mol. The number of anilines is 1. The summed E-state index contributed by atoms with van der Waals surface area (Å²) in [6, 6.07) is 12.0. The molecule has 4 rings (SSSR count). The summed E-state index contributed by atoms with van der Waals surface area (Å²) in [5.41, 5.74) is 1.78. The Balaban J connectivity index is 1.59. The van der Waals surface area contributed by atoms with E-state index < -0.39 is 23.4 Å². The van der Waals surface area contributed by atoms with Crippen molar-refractivity contribution in [1.29, 1.82) is 0 Å². The number of methoxy groups -OCH3 is 1. The molecule has 7 nitrogen and oxygen atoms in total. The lowest BCUT2D eigenvalue weighted by Gasteiger charge is -2.27. The van der Waals surface area contributed by atoms with Crippen LogP contribution in [0.25, 0.3) is 6.08 Å². The molecule has 2 heterocycles. The summed E-state index contributed by atoms with van der Waals surface area (Å²) in [5.74, 6) is -1.67. The number of benzene rings is 2. The van der Waals surface area contributed by atoms with Gasteiger partial charge in [0.2, 0.25) is 11.7 Å². The van der Waals surface area contributed by atoms with Crippen molar-refractivity contribution >= 4 is 41.0 Å². The number of nitrogens with zero attached hydrogens (tertiary/aromatic N) is 2. The topological polar surface area (TPSA) is 88.6 Å². The monoisotopic (exact) mass is 479 g/mol. The van der Waals surface area contributed by atoms with Gasteiger partial charge in [-0.05, 0) is 47.5 Å². The van der Waals surface area contributed by atoms with Crippen LogP contribution >= 0.6 is 11.6 Å². The number of Topliss-reactive ketones (excluding diaryl/α,β-unsaturated/α-hetero) is 1. The van der Waals surface area contributed by atoms with Crippen molar-refractivity contribution in [2.45, 2.75) is 6.54 Å². The van der Waals surface area contributed by atoms with Crippen molar-refractivity contribution < 1.29 is 23.5 Å². The van der Waals surface area contributed by atoms with Crippen molar-refractivity contribution in [2.24, 2.45) is 0 Å². The number of likely N-dealkylation sites (N-methyl/N-ethyl adjacent to an activating group) is 1. The lowest BCUT2D eigenvalue weighted by molar-refractivity contribution is -0.114. The maximum absolute atomic E-state index is 13.8. The molecule has 0 radical (unpaired) electrons. The maximum Gasteiger partial charge on any atom is 0.262 e. The molecule has 1 aliphatic heterocycles. The molecule has 2 amide bonds. The van der Waals surface area contributed by atoms with Gasteiger partial charge in [0.25, 0.3) is 11.8 Å². The largest absolute Gasteiger partial charge is 0.481 e. The number of carbonyl (C=O) groups is 3. The molecule has 0 saturated carbocycles. The first-order valence-corrected chi connectivity index (χ1v) is 10.6. The van der Waals surface area contributed by atoms with Crippen LogP contribution in [0.4, 0.5) is 10.1 Å². The van der Waals surface area contributed by atoms with Crippen LogP contribution in [0.15, 0.2) is 60.3 Å². The van der Waals surface area contributed by atoms with E-state index in [2.05, 4.69) is 10.3 Å². The fourth-order valence-corrected chi connectivity index (χ4v) is 3.62. The average Bonchev–Trinajstić information content (AvgIpc) is 2.85. The summed E-state index contributed by atoms with van der Waals surface area (Å²) in [5, 5.41) is 2.71. The van der Waals surface area contributed by atoms with Gasteiger partial charge >= 0.3 is 0 Å². The zero-order valence-corrected chi connectivity index (χ0v) is 19.0. The quantitative estimate of drug-likeness (QED) is 0.440. The highest BCUT2D eigenvalue weighted by atomic mass is 35.5.